The first-order valence-corrected chi connectivity index (χ1v) is 19.7. The molecule has 44 heavy (non-hydrogen) atoms. The van der Waals surface area contributed by atoms with Crippen molar-refractivity contribution < 1.29 is 14.3 Å². The van der Waals surface area contributed by atoms with E-state index in [4.69, 9.17) is 9.47 Å². The van der Waals surface area contributed by atoms with E-state index in [-0.39, 0.29) is 12.1 Å². The van der Waals surface area contributed by atoms with Gasteiger partial charge in [0.1, 0.15) is 6.61 Å². The highest BCUT2D eigenvalue weighted by Gasteiger charge is 2.16. The average molecular weight is 619 g/mol. The zero-order valence-corrected chi connectivity index (χ0v) is 30.4. The number of hydrogen-bond acceptors (Lipinski definition) is 3. The second-order valence-corrected chi connectivity index (χ2v) is 13.6. The second-order valence-electron chi connectivity index (χ2n) is 13.6. The predicted molar refractivity (Wildman–Crippen MR) is 194 cm³/mol. The van der Waals surface area contributed by atoms with Crippen molar-refractivity contribution in [1.29, 1.82) is 0 Å². The monoisotopic (exact) mass is 619 g/mol. The predicted octanol–water partition coefficient (Wildman–Crippen LogP) is 13.6. The molecule has 0 saturated heterocycles. The second kappa shape index (κ2) is 36.4. The lowest BCUT2D eigenvalue weighted by atomic mass is 10.1. The van der Waals surface area contributed by atoms with E-state index in [0.29, 0.717) is 18.9 Å². The molecule has 0 fully saturated rings. The number of ether oxygens (including phenoxy) is 2. The molecule has 260 valence electrons. The Bertz CT molecular complexity index is 623. The van der Waals surface area contributed by atoms with Crippen LogP contribution in [0.5, 0.6) is 0 Å². The number of carbonyl (C=O) groups excluding carboxylic acids is 1. The summed E-state index contributed by atoms with van der Waals surface area (Å²) in [4.78, 5) is 12.2. The number of carbonyl (C=O) groups is 1. The van der Waals surface area contributed by atoms with Crippen LogP contribution in [0.15, 0.2) is 24.3 Å². The molecule has 0 aliphatic rings. The van der Waals surface area contributed by atoms with Crippen LogP contribution in [-0.2, 0) is 14.3 Å². The van der Waals surface area contributed by atoms with Gasteiger partial charge in [-0.3, -0.25) is 4.79 Å². The van der Waals surface area contributed by atoms with E-state index < -0.39 is 0 Å². The van der Waals surface area contributed by atoms with Crippen molar-refractivity contribution in [2.24, 2.45) is 5.92 Å². The standard InChI is InChI=1S/C41H78O3/c1-5-7-9-11-13-15-17-19-21-23-25-27-29-31-33-35-37-43-40(39(3)4)38-44-41(42)36-34-32-30-28-26-24-22-20-18-16-14-12-10-8-6-2/h19-22,39-40H,5-18,23-38H2,1-4H3/b21-19-,22-20-. The Morgan fingerprint density at radius 2 is 0.864 bits per heavy atom. The molecule has 0 aromatic carbocycles. The van der Waals surface area contributed by atoms with Gasteiger partial charge in [0.05, 0.1) is 6.10 Å². The molecule has 0 aliphatic carbocycles. The van der Waals surface area contributed by atoms with Crippen LogP contribution in [0.2, 0.25) is 0 Å². The fraction of sp³-hybridized carbons (Fsp3) is 0.878. The van der Waals surface area contributed by atoms with Gasteiger partial charge in [-0.1, -0.05) is 161 Å². The van der Waals surface area contributed by atoms with Crippen molar-refractivity contribution >= 4 is 5.97 Å². The van der Waals surface area contributed by atoms with E-state index in [0.717, 1.165) is 25.9 Å². The van der Waals surface area contributed by atoms with Crippen molar-refractivity contribution in [3.8, 4) is 0 Å². The normalized spacial score (nSPS) is 12.7. The Kier molecular flexibility index (Phi) is 35.5. The van der Waals surface area contributed by atoms with Gasteiger partial charge in [-0.2, -0.15) is 0 Å². The highest BCUT2D eigenvalue weighted by Crippen LogP contribution is 2.14. The van der Waals surface area contributed by atoms with E-state index in [2.05, 4.69) is 52.0 Å². The average Bonchev–Trinajstić information content (AvgIpc) is 3.01. The smallest absolute Gasteiger partial charge is 0.305 e. The maximum atomic E-state index is 12.2. The minimum atomic E-state index is -0.0610. The Balaban J connectivity index is 3.56. The van der Waals surface area contributed by atoms with Crippen LogP contribution in [0.25, 0.3) is 0 Å². The van der Waals surface area contributed by atoms with Crippen LogP contribution < -0.4 is 0 Å². The lowest BCUT2D eigenvalue weighted by molar-refractivity contribution is -0.149. The van der Waals surface area contributed by atoms with Gasteiger partial charge in [-0.15, -0.1) is 0 Å². The third-order valence-electron chi connectivity index (χ3n) is 8.78. The molecule has 0 saturated carbocycles. The zero-order chi connectivity index (χ0) is 32.2. The van der Waals surface area contributed by atoms with Gasteiger partial charge in [0.25, 0.3) is 0 Å². The zero-order valence-electron chi connectivity index (χ0n) is 30.4. The molecule has 1 unspecified atom stereocenters. The van der Waals surface area contributed by atoms with Gasteiger partial charge in [-0.05, 0) is 70.1 Å². The van der Waals surface area contributed by atoms with Crippen LogP contribution >= 0.6 is 0 Å². The van der Waals surface area contributed by atoms with Gasteiger partial charge in [0.15, 0.2) is 0 Å². The fourth-order valence-corrected chi connectivity index (χ4v) is 5.60. The van der Waals surface area contributed by atoms with E-state index in [9.17, 15) is 4.79 Å². The first-order valence-electron chi connectivity index (χ1n) is 19.7. The lowest BCUT2D eigenvalue weighted by Crippen LogP contribution is -2.27. The third kappa shape index (κ3) is 33.8. The summed E-state index contributed by atoms with van der Waals surface area (Å²) < 4.78 is 11.7. The Labute approximate surface area is 276 Å². The maximum Gasteiger partial charge on any atom is 0.305 e. The van der Waals surface area contributed by atoms with Crippen molar-refractivity contribution in [2.75, 3.05) is 13.2 Å². The van der Waals surface area contributed by atoms with Gasteiger partial charge < -0.3 is 9.47 Å². The molecule has 3 heteroatoms. The number of allylic oxidation sites excluding steroid dienone is 4. The summed E-state index contributed by atoms with van der Waals surface area (Å²) in [5, 5.41) is 0. The molecular weight excluding hydrogens is 540 g/mol. The van der Waals surface area contributed by atoms with Crippen molar-refractivity contribution in [1.82, 2.24) is 0 Å². The van der Waals surface area contributed by atoms with Gasteiger partial charge in [0, 0.05) is 13.0 Å². The van der Waals surface area contributed by atoms with E-state index in [1.165, 1.54) is 154 Å². The largest absolute Gasteiger partial charge is 0.463 e. The minimum Gasteiger partial charge on any atom is -0.463 e. The van der Waals surface area contributed by atoms with E-state index in [1.54, 1.807) is 0 Å². The number of esters is 1. The Hall–Kier alpha value is -1.09. The molecule has 0 rings (SSSR count). The van der Waals surface area contributed by atoms with Crippen molar-refractivity contribution in [2.45, 2.75) is 214 Å². The number of unbranched alkanes of at least 4 members (excludes halogenated alkanes) is 23. The van der Waals surface area contributed by atoms with Crippen LogP contribution in [-0.4, -0.2) is 25.3 Å². The van der Waals surface area contributed by atoms with Gasteiger partial charge in [-0.25, -0.2) is 0 Å². The summed E-state index contributed by atoms with van der Waals surface area (Å²) in [5.41, 5.74) is 0. The lowest BCUT2D eigenvalue weighted by Gasteiger charge is -2.21. The van der Waals surface area contributed by atoms with Crippen molar-refractivity contribution in [3.63, 3.8) is 0 Å². The van der Waals surface area contributed by atoms with Crippen LogP contribution in [0.3, 0.4) is 0 Å². The molecule has 0 aliphatic heterocycles. The first kappa shape index (κ1) is 42.9. The molecule has 0 aromatic rings. The first-order chi connectivity index (χ1) is 21.6. The summed E-state index contributed by atoms with van der Waals surface area (Å²) in [6.07, 6.45) is 45.0. The highest BCUT2D eigenvalue weighted by molar-refractivity contribution is 5.69. The molecule has 0 radical (unpaired) electrons. The van der Waals surface area contributed by atoms with Gasteiger partial charge >= 0.3 is 5.97 Å². The quantitative estimate of drug-likeness (QED) is 0.0403. The highest BCUT2D eigenvalue weighted by atomic mass is 16.6. The van der Waals surface area contributed by atoms with Crippen molar-refractivity contribution in [3.05, 3.63) is 24.3 Å². The minimum absolute atomic E-state index is 0.0104. The van der Waals surface area contributed by atoms with E-state index in [1.807, 2.05) is 0 Å². The summed E-state index contributed by atoms with van der Waals surface area (Å²) in [6.45, 7) is 10.0. The molecular formula is C41H78O3. The fourth-order valence-electron chi connectivity index (χ4n) is 5.60. The van der Waals surface area contributed by atoms with Crippen LogP contribution in [0.4, 0.5) is 0 Å². The molecule has 0 spiro atoms. The molecule has 1 atom stereocenters. The Morgan fingerprint density at radius 3 is 1.27 bits per heavy atom. The summed E-state index contributed by atoms with van der Waals surface area (Å²) >= 11 is 0. The third-order valence-corrected chi connectivity index (χ3v) is 8.78. The molecule has 0 heterocycles. The van der Waals surface area contributed by atoms with Crippen LogP contribution in [0.1, 0.15) is 207 Å². The number of rotatable bonds is 35. The molecule has 0 N–H and O–H groups in total. The topological polar surface area (TPSA) is 35.5 Å². The SMILES string of the molecule is CCCCCCCC/C=C\CCCCCCCCOC(COC(=O)CCCCCCC/C=C\CCCCCCCC)C(C)C. The molecule has 0 bridgehead atoms. The molecule has 0 aromatic heterocycles. The summed E-state index contributed by atoms with van der Waals surface area (Å²) in [6, 6.07) is 0. The van der Waals surface area contributed by atoms with Crippen LogP contribution in [0, 0.1) is 5.92 Å². The molecule has 0 amide bonds. The number of hydrogen-bond donors (Lipinski definition) is 0. The summed E-state index contributed by atoms with van der Waals surface area (Å²) in [5.74, 6) is 0.297. The maximum absolute atomic E-state index is 12.2. The summed E-state index contributed by atoms with van der Waals surface area (Å²) in [7, 11) is 0. The van der Waals surface area contributed by atoms with Gasteiger partial charge in [0.2, 0.25) is 0 Å². The van der Waals surface area contributed by atoms with E-state index >= 15 is 0 Å². The molecule has 3 nitrogen and oxygen atoms in total. The Morgan fingerprint density at radius 1 is 0.500 bits per heavy atom.